The number of piperidine rings is 1. The number of alkyl halides is 1. The Morgan fingerprint density at radius 1 is 1.67 bits per heavy atom. The van der Waals surface area contributed by atoms with Crippen LogP contribution in [0, 0.1) is 5.92 Å². The minimum Gasteiger partial charge on any atom is -0.325 e. The molecule has 0 bridgehead atoms. The van der Waals surface area contributed by atoms with Gasteiger partial charge in [0.1, 0.15) is 0 Å². The van der Waals surface area contributed by atoms with Crippen LogP contribution in [0.4, 0.5) is 0 Å². The van der Waals surface area contributed by atoms with Crippen molar-refractivity contribution in [2.45, 2.75) is 24.9 Å². The third kappa shape index (κ3) is 1.57. The van der Waals surface area contributed by atoms with Gasteiger partial charge in [-0.05, 0) is 18.9 Å². The summed E-state index contributed by atoms with van der Waals surface area (Å²) >= 11 is 5.83. The second-order valence-corrected chi connectivity index (χ2v) is 3.17. The average molecular weight is 149 g/mol. The van der Waals surface area contributed by atoms with Gasteiger partial charge in [-0.2, -0.15) is 0 Å². The molecule has 0 spiro atoms. The van der Waals surface area contributed by atoms with Gasteiger partial charge in [-0.25, -0.2) is 0 Å². The summed E-state index contributed by atoms with van der Waals surface area (Å²) < 4.78 is 0. The molecule has 0 radical (unpaired) electrons. The molecule has 0 aromatic heterocycles. The van der Waals surface area contributed by atoms with Gasteiger partial charge in [0.2, 0.25) is 0 Å². The second kappa shape index (κ2) is 2.86. The zero-order valence-electron chi connectivity index (χ0n) is 5.60. The van der Waals surface area contributed by atoms with Crippen molar-refractivity contribution in [3.05, 3.63) is 0 Å². The summed E-state index contributed by atoms with van der Waals surface area (Å²) in [5, 5.41) is 3.10. The number of rotatable bonds is 0. The maximum absolute atomic E-state index is 5.83. The van der Waals surface area contributed by atoms with Crippen LogP contribution >= 0.6 is 11.6 Å². The molecule has 1 saturated heterocycles. The molecular weight excluding hydrogens is 136 g/mol. The molecule has 1 rings (SSSR count). The fourth-order valence-electron chi connectivity index (χ4n) is 1.07. The highest BCUT2D eigenvalue weighted by atomic mass is 35.5. The van der Waals surface area contributed by atoms with Crippen LogP contribution in [0.15, 0.2) is 0 Å². The van der Waals surface area contributed by atoms with E-state index in [9.17, 15) is 0 Å². The van der Waals surface area contributed by atoms with Crippen molar-refractivity contribution < 1.29 is 0 Å². The molecule has 54 valence electrons. The summed E-state index contributed by atoms with van der Waals surface area (Å²) in [6.07, 6.45) is 1.14. The summed E-state index contributed by atoms with van der Waals surface area (Å²) in [7, 11) is 0. The number of hydrogen-bond acceptors (Lipinski definition) is 2. The van der Waals surface area contributed by atoms with Gasteiger partial charge in [-0.3, -0.25) is 0 Å². The molecule has 1 aliphatic heterocycles. The summed E-state index contributed by atoms with van der Waals surface area (Å²) in [5.74, 6) is 0.564. The van der Waals surface area contributed by atoms with Crippen molar-refractivity contribution in [3.63, 3.8) is 0 Å². The Labute approximate surface area is 60.8 Å². The Morgan fingerprint density at radius 3 is 2.78 bits per heavy atom. The molecular formula is C6H13ClN2. The van der Waals surface area contributed by atoms with Gasteiger partial charge in [0.05, 0.1) is 5.50 Å². The predicted octanol–water partition coefficient (Wildman–Crippen LogP) is 0.508. The summed E-state index contributed by atoms with van der Waals surface area (Å²) in [6.45, 7) is 3.14. The molecule has 0 aromatic rings. The van der Waals surface area contributed by atoms with Crippen LogP contribution in [0.1, 0.15) is 13.3 Å². The first-order valence-corrected chi connectivity index (χ1v) is 3.78. The zero-order chi connectivity index (χ0) is 6.85. The quantitative estimate of drug-likeness (QED) is 0.388. The van der Waals surface area contributed by atoms with Crippen molar-refractivity contribution >= 4 is 11.6 Å². The highest BCUT2D eigenvalue weighted by molar-refractivity contribution is 6.20. The van der Waals surface area contributed by atoms with Gasteiger partial charge in [0, 0.05) is 6.04 Å². The van der Waals surface area contributed by atoms with Crippen molar-refractivity contribution in [3.8, 4) is 0 Å². The second-order valence-electron chi connectivity index (χ2n) is 2.70. The average Bonchev–Trinajstić information content (AvgIpc) is 1.83. The van der Waals surface area contributed by atoms with Crippen molar-refractivity contribution in [2.24, 2.45) is 11.7 Å². The van der Waals surface area contributed by atoms with Crippen LogP contribution in [-0.2, 0) is 0 Å². The lowest BCUT2D eigenvalue weighted by Gasteiger charge is -2.30. The summed E-state index contributed by atoms with van der Waals surface area (Å²) in [6, 6.07) is 0.125. The predicted molar refractivity (Wildman–Crippen MR) is 39.4 cm³/mol. The van der Waals surface area contributed by atoms with Crippen LogP contribution in [0.5, 0.6) is 0 Å². The molecule has 9 heavy (non-hydrogen) atoms. The smallest absolute Gasteiger partial charge is 0.0981 e. The monoisotopic (exact) mass is 148 g/mol. The van der Waals surface area contributed by atoms with E-state index in [4.69, 9.17) is 17.3 Å². The Kier molecular flexibility index (Phi) is 2.33. The molecule has 0 aliphatic carbocycles. The standard InChI is InChI=1S/C6H13ClN2/c1-4-2-3-9-6(7)5(4)8/h4-6,9H,2-3,8H2,1H3. The third-order valence-electron chi connectivity index (χ3n) is 1.93. The lowest BCUT2D eigenvalue weighted by molar-refractivity contribution is 0.324. The third-order valence-corrected chi connectivity index (χ3v) is 2.38. The number of hydrogen-bond donors (Lipinski definition) is 2. The highest BCUT2D eigenvalue weighted by Crippen LogP contribution is 2.15. The molecule has 3 unspecified atom stereocenters. The van der Waals surface area contributed by atoms with Gasteiger partial charge >= 0.3 is 0 Å². The molecule has 0 amide bonds. The van der Waals surface area contributed by atoms with E-state index in [1.165, 1.54) is 0 Å². The Morgan fingerprint density at radius 2 is 2.33 bits per heavy atom. The van der Waals surface area contributed by atoms with E-state index in [2.05, 4.69) is 12.2 Å². The molecule has 3 atom stereocenters. The van der Waals surface area contributed by atoms with Crippen molar-refractivity contribution in [2.75, 3.05) is 6.54 Å². The van der Waals surface area contributed by atoms with Crippen LogP contribution in [0.3, 0.4) is 0 Å². The normalized spacial score (nSPS) is 45.0. The Balaban J connectivity index is 2.41. The topological polar surface area (TPSA) is 38.0 Å². The first kappa shape index (κ1) is 7.32. The van der Waals surface area contributed by atoms with Crippen LogP contribution in [-0.4, -0.2) is 18.1 Å². The van der Waals surface area contributed by atoms with Crippen molar-refractivity contribution in [1.29, 1.82) is 0 Å². The van der Waals surface area contributed by atoms with Crippen LogP contribution < -0.4 is 11.1 Å². The van der Waals surface area contributed by atoms with Crippen molar-refractivity contribution in [1.82, 2.24) is 5.32 Å². The molecule has 3 heteroatoms. The van der Waals surface area contributed by atoms with Crippen LogP contribution in [0.2, 0.25) is 0 Å². The maximum Gasteiger partial charge on any atom is 0.0981 e. The fraction of sp³-hybridized carbons (Fsp3) is 1.00. The van der Waals surface area contributed by atoms with E-state index in [0.29, 0.717) is 5.92 Å². The molecule has 2 nitrogen and oxygen atoms in total. The lowest BCUT2D eigenvalue weighted by Crippen LogP contribution is -2.50. The van der Waals surface area contributed by atoms with Gasteiger partial charge in [0.25, 0.3) is 0 Å². The maximum atomic E-state index is 5.83. The minimum absolute atomic E-state index is 0.0197. The van der Waals surface area contributed by atoms with Crippen LogP contribution in [0.25, 0.3) is 0 Å². The van der Waals surface area contributed by atoms with E-state index in [1.807, 2.05) is 0 Å². The number of nitrogens with one attached hydrogen (secondary N) is 1. The summed E-state index contributed by atoms with van der Waals surface area (Å²) in [5.41, 5.74) is 5.71. The van der Waals surface area contributed by atoms with E-state index < -0.39 is 0 Å². The molecule has 0 saturated carbocycles. The first-order chi connectivity index (χ1) is 4.22. The summed E-state index contributed by atoms with van der Waals surface area (Å²) in [4.78, 5) is 0. The molecule has 1 heterocycles. The van der Waals surface area contributed by atoms with E-state index in [-0.39, 0.29) is 11.5 Å². The van der Waals surface area contributed by atoms with E-state index in [0.717, 1.165) is 13.0 Å². The molecule has 0 aromatic carbocycles. The van der Waals surface area contributed by atoms with Gasteiger partial charge < -0.3 is 11.1 Å². The number of nitrogens with two attached hydrogens (primary N) is 1. The van der Waals surface area contributed by atoms with Gasteiger partial charge in [-0.1, -0.05) is 6.92 Å². The zero-order valence-corrected chi connectivity index (χ0v) is 6.36. The van der Waals surface area contributed by atoms with E-state index in [1.54, 1.807) is 0 Å². The van der Waals surface area contributed by atoms with Gasteiger partial charge in [-0.15, -0.1) is 11.6 Å². The SMILES string of the molecule is CC1CCNC(Cl)C1N. The molecule has 1 fully saturated rings. The van der Waals surface area contributed by atoms with Gasteiger partial charge in [0.15, 0.2) is 0 Å². The molecule has 3 N–H and O–H groups in total. The fourth-order valence-corrected chi connectivity index (χ4v) is 1.42. The molecule has 1 aliphatic rings. The Bertz CT molecular complexity index is 87.1. The first-order valence-electron chi connectivity index (χ1n) is 3.35. The Hall–Kier alpha value is 0.210. The largest absolute Gasteiger partial charge is 0.325 e. The minimum atomic E-state index is -0.0197. The highest BCUT2D eigenvalue weighted by Gasteiger charge is 2.24. The van der Waals surface area contributed by atoms with E-state index >= 15 is 0 Å². The lowest BCUT2D eigenvalue weighted by atomic mass is 9.96. The number of halogens is 1.